The van der Waals surface area contributed by atoms with Crippen molar-refractivity contribution in [3.05, 3.63) is 89.9 Å². The molecule has 0 aliphatic rings. The van der Waals surface area contributed by atoms with Crippen molar-refractivity contribution in [2.75, 3.05) is 17.2 Å². The topological polar surface area (TPSA) is 80.6 Å². The summed E-state index contributed by atoms with van der Waals surface area (Å²) in [4.78, 5) is 25.9. The van der Waals surface area contributed by atoms with E-state index in [1.165, 1.54) is 24.3 Å². The number of para-hydroxylation sites is 2. The van der Waals surface area contributed by atoms with Gasteiger partial charge in [0.05, 0.1) is 12.2 Å². The van der Waals surface area contributed by atoms with Crippen LogP contribution in [-0.2, 0) is 0 Å². The van der Waals surface area contributed by atoms with E-state index >= 15 is 0 Å². The second kappa shape index (κ2) is 8.71. The van der Waals surface area contributed by atoms with Crippen molar-refractivity contribution in [1.82, 2.24) is 0 Å². The second-order valence-electron chi connectivity index (χ2n) is 6.65. The molecule has 156 valence electrons. The van der Waals surface area contributed by atoms with Crippen LogP contribution in [0.1, 0.15) is 27.8 Å². The van der Waals surface area contributed by atoms with Crippen LogP contribution in [0.15, 0.2) is 77.2 Å². The maximum Gasteiger partial charge on any atom is 0.293 e. The minimum absolute atomic E-state index is 0.0623. The fourth-order valence-electron chi connectivity index (χ4n) is 3.17. The van der Waals surface area contributed by atoms with Gasteiger partial charge in [-0.15, -0.1) is 0 Å². The average molecular weight is 418 g/mol. The molecule has 0 bridgehead atoms. The Morgan fingerprint density at radius 3 is 2.39 bits per heavy atom. The summed E-state index contributed by atoms with van der Waals surface area (Å²) in [5.41, 5.74) is 1.41. The molecule has 1 aromatic heterocycles. The molecule has 0 fully saturated rings. The molecule has 4 aromatic rings. The average Bonchev–Trinajstić information content (AvgIpc) is 3.14. The first kappa shape index (κ1) is 20.2. The van der Waals surface area contributed by atoms with Gasteiger partial charge in [-0.25, -0.2) is 4.39 Å². The highest BCUT2D eigenvalue weighted by atomic mass is 19.1. The highest BCUT2D eigenvalue weighted by Gasteiger charge is 2.24. The van der Waals surface area contributed by atoms with E-state index in [2.05, 4.69) is 10.6 Å². The van der Waals surface area contributed by atoms with E-state index in [1.54, 1.807) is 48.5 Å². The number of fused-ring (bicyclic) bond motifs is 1. The van der Waals surface area contributed by atoms with Gasteiger partial charge in [0, 0.05) is 11.1 Å². The van der Waals surface area contributed by atoms with Gasteiger partial charge in [-0.3, -0.25) is 9.59 Å². The van der Waals surface area contributed by atoms with Gasteiger partial charge < -0.3 is 19.8 Å². The normalized spacial score (nSPS) is 10.6. The molecule has 0 spiro atoms. The maximum absolute atomic E-state index is 13.2. The molecule has 4 rings (SSSR count). The van der Waals surface area contributed by atoms with Crippen LogP contribution in [0.3, 0.4) is 0 Å². The quantitative estimate of drug-likeness (QED) is 0.435. The van der Waals surface area contributed by atoms with E-state index in [0.717, 1.165) is 0 Å². The molecule has 0 saturated heterocycles. The predicted molar refractivity (Wildman–Crippen MR) is 116 cm³/mol. The largest absolute Gasteiger partial charge is 0.493 e. The SMILES string of the molecule is CCOc1ccccc1C(=O)Nc1c(C(=O)Nc2ccc(F)cc2)oc2ccccc12. The number of anilines is 2. The fraction of sp³-hybridized carbons (Fsp3) is 0.0833. The number of furan rings is 1. The third-order valence-corrected chi connectivity index (χ3v) is 4.57. The molecule has 31 heavy (non-hydrogen) atoms. The maximum atomic E-state index is 13.2. The highest BCUT2D eigenvalue weighted by Crippen LogP contribution is 2.32. The van der Waals surface area contributed by atoms with Crippen LogP contribution in [0, 0.1) is 5.82 Å². The lowest BCUT2D eigenvalue weighted by atomic mass is 10.1. The number of rotatable bonds is 6. The Balaban J connectivity index is 1.69. The fourth-order valence-corrected chi connectivity index (χ4v) is 3.17. The van der Waals surface area contributed by atoms with Crippen molar-refractivity contribution >= 4 is 34.2 Å². The van der Waals surface area contributed by atoms with Gasteiger partial charge in [0.2, 0.25) is 5.76 Å². The van der Waals surface area contributed by atoms with Crippen LogP contribution in [-0.4, -0.2) is 18.4 Å². The molecule has 0 unspecified atom stereocenters. The van der Waals surface area contributed by atoms with E-state index in [0.29, 0.717) is 34.6 Å². The molecule has 0 aliphatic carbocycles. The lowest BCUT2D eigenvalue weighted by Crippen LogP contribution is -2.18. The molecule has 3 aromatic carbocycles. The van der Waals surface area contributed by atoms with Crippen molar-refractivity contribution in [3.63, 3.8) is 0 Å². The van der Waals surface area contributed by atoms with Crippen molar-refractivity contribution in [1.29, 1.82) is 0 Å². The number of benzene rings is 3. The number of hydrogen-bond acceptors (Lipinski definition) is 4. The third-order valence-electron chi connectivity index (χ3n) is 4.57. The number of carbonyl (C=O) groups is 2. The van der Waals surface area contributed by atoms with Crippen LogP contribution in [0.25, 0.3) is 11.0 Å². The van der Waals surface area contributed by atoms with Crippen LogP contribution in [0.2, 0.25) is 0 Å². The predicted octanol–water partition coefficient (Wildman–Crippen LogP) is 5.48. The molecule has 2 amide bonds. The summed E-state index contributed by atoms with van der Waals surface area (Å²) in [5, 5.41) is 6.02. The molecule has 0 atom stereocenters. The zero-order valence-electron chi connectivity index (χ0n) is 16.6. The first-order chi connectivity index (χ1) is 15.1. The summed E-state index contributed by atoms with van der Waals surface area (Å²) in [5.74, 6) is -1.05. The first-order valence-electron chi connectivity index (χ1n) is 9.68. The first-order valence-corrected chi connectivity index (χ1v) is 9.68. The molecule has 0 saturated carbocycles. The second-order valence-corrected chi connectivity index (χ2v) is 6.65. The van der Waals surface area contributed by atoms with Gasteiger partial charge in [0.1, 0.15) is 22.8 Å². The summed E-state index contributed by atoms with van der Waals surface area (Å²) in [7, 11) is 0. The molecule has 2 N–H and O–H groups in total. The Morgan fingerprint density at radius 1 is 0.903 bits per heavy atom. The monoisotopic (exact) mass is 418 g/mol. The summed E-state index contributed by atoms with van der Waals surface area (Å²) in [6, 6.07) is 19.2. The van der Waals surface area contributed by atoms with Gasteiger partial charge in [0.25, 0.3) is 11.8 Å². The Hall–Kier alpha value is -4.13. The van der Waals surface area contributed by atoms with Crippen molar-refractivity contribution in [2.24, 2.45) is 0 Å². The number of halogens is 1. The summed E-state index contributed by atoms with van der Waals surface area (Å²) in [6.45, 7) is 2.24. The molecule has 0 aliphatic heterocycles. The van der Waals surface area contributed by atoms with Crippen LogP contribution < -0.4 is 15.4 Å². The molecule has 6 nitrogen and oxygen atoms in total. The minimum Gasteiger partial charge on any atom is -0.493 e. The van der Waals surface area contributed by atoms with Crippen molar-refractivity contribution < 1.29 is 23.1 Å². The number of hydrogen-bond donors (Lipinski definition) is 2. The highest BCUT2D eigenvalue weighted by molar-refractivity contribution is 6.17. The van der Waals surface area contributed by atoms with Gasteiger partial charge in [0.15, 0.2) is 0 Å². The Labute approximate surface area is 177 Å². The van der Waals surface area contributed by atoms with Crippen molar-refractivity contribution in [3.8, 4) is 5.75 Å². The van der Waals surface area contributed by atoms with Gasteiger partial charge in [-0.2, -0.15) is 0 Å². The smallest absolute Gasteiger partial charge is 0.293 e. The lowest BCUT2D eigenvalue weighted by Gasteiger charge is -2.11. The molecule has 7 heteroatoms. The Bertz CT molecular complexity index is 1250. The lowest BCUT2D eigenvalue weighted by molar-refractivity contribution is 0.0999. The zero-order valence-corrected chi connectivity index (χ0v) is 16.6. The standard InChI is InChI=1S/C24H19FN2O4/c1-2-30-19-9-5-4-8-18(19)23(28)27-21-17-7-3-6-10-20(17)31-22(21)24(29)26-16-13-11-15(25)12-14-16/h3-14H,2H2,1H3,(H,26,29)(H,27,28). The van der Waals surface area contributed by atoms with Gasteiger partial charge in [-0.05, 0) is 55.5 Å². The molecule has 0 radical (unpaired) electrons. The van der Waals surface area contributed by atoms with E-state index < -0.39 is 17.6 Å². The molecular formula is C24H19FN2O4. The molecular weight excluding hydrogens is 399 g/mol. The molecule has 1 heterocycles. The number of carbonyl (C=O) groups excluding carboxylic acids is 2. The van der Waals surface area contributed by atoms with E-state index in [4.69, 9.17) is 9.15 Å². The minimum atomic E-state index is -0.573. The van der Waals surface area contributed by atoms with Crippen molar-refractivity contribution in [2.45, 2.75) is 6.92 Å². The summed E-state index contributed by atoms with van der Waals surface area (Å²) >= 11 is 0. The summed E-state index contributed by atoms with van der Waals surface area (Å²) in [6.07, 6.45) is 0. The Kier molecular flexibility index (Phi) is 5.66. The van der Waals surface area contributed by atoms with Crippen LogP contribution in [0.4, 0.5) is 15.8 Å². The van der Waals surface area contributed by atoms with Crippen LogP contribution in [0.5, 0.6) is 5.75 Å². The van der Waals surface area contributed by atoms with Gasteiger partial charge >= 0.3 is 0 Å². The van der Waals surface area contributed by atoms with Crippen LogP contribution >= 0.6 is 0 Å². The number of ether oxygens (including phenoxy) is 1. The van der Waals surface area contributed by atoms with E-state index in [1.807, 2.05) is 6.92 Å². The third kappa shape index (κ3) is 4.25. The summed E-state index contributed by atoms with van der Waals surface area (Å²) < 4.78 is 24.4. The number of amides is 2. The Morgan fingerprint density at radius 2 is 1.61 bits per heavy atom. The zero-order chi connectivity index (χ0) is 21.8. The van der Waals surface area contributed by atoms with Gasteiger partial charge in [-0.1, -0.05) is 24.3 Å². The van der Waals surface area contributed by atoms with E-state index in [-0.39, 0.29) is 11.4 Å². The number of nitrogens with one attached hydrogen (secondary N) is 2. The van der Waals surface area contributed by atoms with E-state index in [9.17, 15) is 14.0 Å².